The first kappa shape index (κ1) is 14.3. The van der Waals surface area contributed by atoms with E-state index in [4.69, 9.17) is 0 Å². The van der Waals surface area contributed by atoms with Crippen molar-refractivity contribution < 1.29 is 35.1 Å². The van der Waals surface area contributed by atoms with Crippen LogP contribution in [0.1, 0.15) is 0 Å². The molecule has 0 aliphatic heterocycles. The lowest BCUT2D eigenvalue weighted by molar-refractivity contribution is -0.299. The highest BCUT2D eigenvalue weighted by Crippen LogP contribution is 2.79. The van der Waals surface area contributed by atoms with Gasteiger partial charge in [-0.3, -0.25) is 0 Å². The van der Waals surface area contributed by atoms with Crippen LogP contribution in [0.4, 0.5) is 35.1 Å². The standard InChI is InChI=1S/C11H8F8/c1-3-5-6(4-2)8(13)9(14,15)7(5,12)10(16,17)11(8,18)19/h3-6H,1-2H2. The summed E-state index contributed by atoms with van der Waals surface area (Å²) in [6.45, 7) is 5.70. The van der Waals surface area contributed by atoms with E-state index in [9.17, 15) is 35.1 Å². The van der Waals surface area contributed by atoms with Crippen LogP contribution >= 0.6 is 0 Å². The lowest BCUT2D eigenvalue weighted by Crippen LogP contribution is -2.63. The van der Waals surface area contributed by atoms with Crippen LogP contribution in [0, 0.1) is 11.8 Å². The van der Waals surface area contributed by atoms with Gasteiger partial charge in [0.2, 0.25) is 0 Å². The van der Waals surface area contributed by atoms with Crippen molar-refractivity contribution in [1.82, 2.24) is 0 Å². The maximum Gasteiger partial charge on any atom is 0.353 e. The summed E-state index contributed by atoms with van der Waals surface area (Å²) >= 11 is 0. The molecule has 2 aliphatic rings. The van der Waals surface area contributed by atoms with Crippen molar-refractivity contribution in [2.75, 3.05) is 0 Å². The maximum atomic E-state index is 14.1. The highest BCUT2D eigenvalue weighted by atomic mass is 19.3. The Balaban J connectivity index is 2.88. The number of allylic oxidation sites excluding steroid dienone is 2. The number of hydrogen-bond acceptors (Lipinski definition) is 0. The van der Waals surface area contributed by atoms with E-state index in [1.54, 1.807) is 0 Å². The fourth-order valence-electron chi connectivity index (χ4n) is 3.07. The van der Waals surface area contributed by atoms with E-state index < -0.39 is 40.9 Å². The minimum atomic E-state index is -5.85. The normalized spacial score (nSPS) is 49.1. The monoisotopic (exact) mass is 292 g/mol. The van der Waals surface area contributed by atoms with Crippen molar-refractivity contribution in [3.05, 3.63) is 25.3 Å². The van der Waals surface area contributed by atoms with Crippen LogP contribution in [0.5, 0.6) is 0 Å². The molecule has 0 aromatic heterocycles. The molecule has 2 bridgehead atoms. The first-order chi connectivity index (χ1) is 8.39. The molecule has 0 nitrogen and oxygen atoms in total. The Morgan fingerprint density at radius 3 is 1.05 bits per heavy atom. The topological polar surface area (TPSA) is 0 Å². The first-order valence-electron chi connectivity index (χ1n) is 5.16. The van der Waals surface area contributed by atoms with Crippen LogP contribution in [-0.4, -0.2) is 29.1 Å². The van der Waals surface area contributed by atoms with Crippen LogP contribution in [-0.2, 0) is 0 Å². The van der Waals surface area contributed by atoms with E-state index in [1.807, 2.05) is 0 Å². The molecule has 19 heavy (non-hydrogen) atoms. The van der Waals surface area contributed by atoms with E-state index in [-0.39, 0.29) is 0 Å². The number of fused-ring (bicyclic) bond motifs is 2. The summed E-state index contributed by atoms with van der Waals surface area (Å²) in [4.78, 5) is 0. The zero-order chi connectivity index (χ0) is 15.1. The Hall–Kier alpha value is -1.08. The molecule has 0 N–H and O–H groups in total. The van der Waals surface area contributed by atoms with Crippen molar-refractivity contribution in [3.63, 3.8) is 0 Å². The van der Waals surface area contributed by atoms with Gasteiger partial charge in [-0.05, 0) is 0 Å². The van der Waals surface area contributed by atoms with Crippen LogP contribution in [0.2, 0.25) is 0 Å². The fraction of sp³-hybridized carbons (Fsp3) is 0.636. The molecule has 2 aliphatic carbocycles. The first-order valence-corrected chi connectivity index (χ1v) is 5.16. The summed E-state index contributed by atoms with van der Waals surface area (Å²) in [6.07, 6.45) is 0.593. The van der Waals surface area contributed by atoms with Crippen molar-refractivity contribution in [1.29, 1.82) is 0 Å². The van der Waals surface area contributed by atoms with Gasteiger partial charge in [0.15, 0.2) is 0 Å². The smallest absolute Gasteiger partial charge is 0.229 e. The van der Waals surface area contributed by atoms with Crippen molar-refractivity contribution >= 4 is 0 Å². The molecular formula is C11H8F8. The zero-order valence-corrected chi connectivity index (χ0v) is 9.25. The molecule has 0 amide bonds. The van der Waals surface area contributed by atoms with Gasteiger partial charge in [0.05, 0.1) is 0 Å². The van der Waals surface area contributed by atoms with Gasteiger partial charge in [-0.1, -0.05) is 12.2 Å². The van der Waals surface area contributed by atoms with Crippen LogP contribution in [0.15, 0.2) is 25.3 Å². The third-order valence-electron chi connectivity index (χ3n) is 4.04. The highest BCUT2D eigenvalue weighted by molar-refractivity contribution is 5.42. The molecule has 2 saturated carbocycles. The Morgan fingerprint density at radius 1 is 0.579 bits per heavy atom. The number of halogens is 8. The molecule has 108 valence electrons. The molecule has 0 aromatic rings. The molecule has 0 spiro atoms. The molecular weight excluding hydrogens is 284 g/mol. The van der Waals surface area contributed by atoms with E-state index in [2.05, 4.69) is 13.2 Å². The maximum absolute atomic E-state index is 14.1. The van der Waals surface area contributed by atoms with Gasteiger partial charge in [0.25, 0.3) is 11.3 Å². The lowest BCUT2D eigenvalue weighted by atomic mass is 9.73. The van der Waals surface area contributed by atoms with E-state index >= 15 is 0 Å². The fourth-order valence-corrected chi connectivity index (χ4v) is 3.07. The average molecular weight is 292 g/mol. The second kappa shape index (κ2) is 3.15. The van der Waals surface area contributed by atoms with Crippen molar-refractivity contribution in [2.45, 2.75) is 29.1 Å². The third kappa shape index (κ3) is 0.922. The van der Waals surface area contributed by atoms with Gasteiger partial charge in [0, 0.05) is 11.8 Å². The zero-order valence-electron chi connectivity index (χ0n) is 9.25. The quantitative estimate of drug-likeness (QED) is 0.534. The van der Waals surface area contributed by atoms with Gasteiger partial charge in [-0.2, -0.15) is 26.3 Å². The summed E-state index contributed by atoms with van der Waals surface area (Å²) in [6, 6.07) is 0. The lowest BCUT2D eigenvalue weighted by Gasteiger charge is -2.41. The van der Waals surface area contributed by atoms with Crippen LogP contribution < -0.4 is 0 Å². The second-order valence-electron chi connectivity index (χ2n) is 4.67. The van der Waals surface area contributed by atoms with Crippen LogP contribution in [0.25, 0.3) is 0 Å². The largest absolute Gasteiger partial charge is 0.353 e. The molecule has 2 rings (SSSR count). The summed E-state index contributed by atoms with van der Waals surface area (Å²) in [5.41, 5.74) is -10.1. The van der Waals surface area contributed by atoms with Gasteiger partial charge < -0.3 is 0 Å². The number of hydrogen-bond donors (Lipinski definition) is 0. The molecule has 4 atom stereocenters. The Kier molecular flexibility index (Phi) is 2.37. The molecule has 8 heteroatoms. The van der Waals surface area contributed by atoms with E-state index in [0.717, 1.165) is 0 Å². The molecule has 4 unspecified atom stereocenters. The molecule has 0 radical (unpaired) electrons. The Bertz CT molecular complexity index is 416. The number of alkyl halides is 8. The van der Waals surface area contributed by atoms with Crippen LogP contribution in [0.3, 0.4) is 0 Å². The summed E-state index contributed by atoms with van der Waals surface area (Å²) in [5, 5.41) is 0. The van der Waals surface area contributed by atoms with Crippen molar-refractivity contribution in [2.24, 2.45) is 11.8 Å². The van der Waals surface area contributed by atoms with E-state index in [1.165, 1.54) is 0 Å². The average Bonchev–Trinajstić information content (AvgIpc) is 2.47. The predicted octanol–water partition coefficient (Wildman–Crippen LogP) is 3.94. The molecule has 0 aromatic carbocycles. The minimum absolute atomic E-state index is 0.296. The molecule has 0 saturated heterocycles. The molecule has 0 heterocycles. The summed E-state index contributed by atoms with van der Waals surface area (Å²) in [7, 11) is 0. The van der Waals surface area contributed by atoms with E-state index in [0.29, 0.717) is 12.2 Å². The summed E-state index contributed by atoms with van der Waals surface area (Å²) < 4.78 is 109. The minimum Gasteiger partial charge on any atom is -0.229 e. The van der Waals surface area contributed by atoms with Gasteiger partial charge in [-0.25, -0.2) is 8.78 Å². The molecule has 2 fully saturated rings. The Labute approximate surface area is 102 Å². The SMILES string of the molecule is C=CC1C(C=C)C2(F)C(F)(F)C(F)(F)C1(F)C2(F)F. The highest BCUT2D eigenvalue weighted by Gasteiger charge is 3.05. The van der Waals surface area contributed by atoms with Gasteiger partial charge in [-0.15, -0.1) is 13.2 Å². The van der Waals surface area contributed by atoms with Crippen molar-refractivity contribution in [3.8, 4) is 0 Å². The van der Waals surface area contributed by atoms with Gasteiger partial charge >= 0.3 is 17.8 Å². The predicted molar refractivity (Wildman–Crippen MR) is 49.9 cm³/mol. The Morgan fingerprint density at radius 2 is 0.842 bits per heavy atom. The summed E-state index contributed by atoms with van der Waals surface area (Å²) in [5.74, 6) is -22.3. The van der Waals surface area contributed by atoms with Gasteiger partial charge in [0.1, 0.15) is 0 Å². The second-order valence-corrected chi connectivity index (χ2v) is 4.67. The number of rotatable bonds is 2. The third-order valence-corrected chi connectivity index (χ3v) is 4.04.